The third-order valence-electron chi connectivity index (χ3n) is 5.26. The van der Waals surface area contributed by atoms with Crippen LogP contribution in [0.5, 0.6) is 0 Å². The van der Waals surface area contributed by atoms with Crippen LogP contribution in [0.2, 0.25) is 5.15 Å². The van der Waals surface area contributed by atoms with Crippen molar-refractivity contribution in [3.63, 3.8) is 0 Å². The molecule has 3 rings (SSSR count). The van der Waals surface area contributed by atoms with E-state index < -0.39 is 5.97 Å². The minimum atomic E-state index is -0.559. The molecule has 0 radical (unpaired) electrons. The van der Waals surface area contributed by atoms with E-state index in [1.54, 1.807) is 0 Å². The number of carbonyl (C=O) groups is 1. The first-order valence-electron chi connectivity index (χ1n) is 11.8. The number of benzene rings is 2. The molecule has 8 heteroatoms. The second-order valence-corrected chi connectivity index (χ2v) is 14.9. The number of esters is 1. The molecule has 2 aromatic carbocycles. The van der Waals surface area contributed by atoms with E-state index in [2.05, 4.69) is 69.5 Å². The lowest BCUT2D eigenvalue weighted by Gasteiger charge is -2.30. The molecule has 1 heterocycles. The van der Waals surface area contributed by atoms with E-state index in [4.69, 9.17) is 21.2 Å². The fraction of sp³-hybridized carbons (Fsp3) is 0.429. The van der Waals surface area contributed by atoms with Crippen LogP contribution in [0.3, 0.4) is 0 Å². The maximum Gasteiger partial charge on any atom is 0.360 e. The second kappa shape index (κ2) is 11.5. The first-order chi connectivity index (χ1) is 16.9. The Labute approximate surface area is 227 Å². The number of oxime groups is 1. The monoisotopic (exact) mass is 546 g/mol. The zero-order valence-corrected chi connectivity index (χ0v) is 24.6. The number of hydrogen-bond donors (Lipinski definition) is 0. The van der Waals surface area contributed by atoms with E-state index in [1.165, 1.54) is 14.2 Å². The van der Waals surface area contributed by atoms with Gasteiger partial charge in [-0.2, -0.15) is 0 Å². The van der Waals surface area contributed by atoms with E-state index in [9.17, 15) is 4.79 Å². The Hall–Kier alpha value is -2.09. The Morgan fingerprint density at radius 1 is 0.972 bits per heavy atom. The van der Waals surface area contributed by atoms with Crippen LogP contribution >= 0.6 is 35.1 Å². The quantitative estimate of drug-likeness (QED) is 0.124. The third kappa shape index (κ3) is 6.81. The van der Waals surface area contributed by atoms with Crippen LogP contribution in [0, 0.1) is 0 Å². The smallest absolute Gasteiger partial charge is 0.360 e. The molecule has 194 valence electrons. The van der Waals surface area contributed by atoms with Gasteiger partial charge in [0, 0.05) is 38.1 Å². The lowest BCUT2D eigenvalue weighted by molar-refractivity contribution is -0.132. The number of thioether (sulfide) groups is 2. The van der Waals surface area contributed by atoms with Gasteiger partial charge in [-0.15, -0.1) is 23.5 Å². The van der Waals surface area contributed by atoms with Gasteiger partial charge in [-0.3, -0.25) is 0 Å². The molecule has 0 saturated heterocycles. The van der Waals surface area contributed by atoms with Crippen molar-refractivity contribution in [2.45, 2.75) is 62.2 Å². The van der Waals surface area contributed by atoms with Crippen LogP contribution in [0.4, 0.5) is 0 Å². The van der Waals surface area contributed by atoms with Crippen molar-refractivity contribution in [1.29, 1.82) is 0 Å². The molecule has 0 aliphatic heterocycles. The Kier molecular flexibility index (Phi) is 9.12. The summed E-state index contributed by atoms with van der Waals surface area (Å²) in [7, 11) is 2.74. The number of carbonyl (C=O) groups excluding carboxylic acids is 1. The minimum absolute atomic E-state index is 0.0497. The van der Waals surface area contributed by atoms with Crippen molar-refractivity contribution in [1.82, 2.24) is 4.57 Å². The zero-order chi connectivity index (χ0) is 26.7. The van der Waals surface area contributed by atoms with Gasteiger partial charge >= 0.3 is 5.97 Å². The largest absolute Gasteiger partial charge is 0.464 e. The Bertz CT molecular complexity index is 1240. The number of nitrogens with zero attached hydrogens (tertiary/aromatic N) is 2. The van der Waals surface area contributed by atoms with Gasteiger partial charge in [0.2, 0.25) is 0 Å². The molecule has 36 heavy (non-hydrogen) atoms. The first-order valence-corrected chi connectivity index (χ1v) is 13.9. The summed E-state index contributed by atoms with van der Waals surface area (Å²) in [4.78, 5) is 17.4. The Morgan fingerprint density at radius 3 is 2.14 bits per heavy atom. The number of fused-ring (bicyclic) bond motifs is 1. The molecule has 5 nitrogen and oxygen atoms in total. The molecule has 3 aromatic rings. The fourth-order valence-electron chi connectivity index (χ4n) is 3.91. The maximum absolute atomic E-state index is 12.5. The second-order valence-electron chi connectivity index (χ2n) is 10.4. The molecule has 0 saturated carbocycles. The van der Waals surface area contributed by atoms with Crippen molar-refractivity contribution >= 4 is 57.7 Å². The zero-order valence-electron chi connectivity index (χ0n) is 22.2. The summed E-state index contributed by atoms with van der Waals surface area (Å²) in [6, 6.07) is 15.9. The van der Waals surface area contributed by atoms with Crippen molar-refractivity contribution in [3.8, 4) is 0 Å². The highest BCUT2D eigenvalue weighted by atomic mass is 35.5. The molecule has 0 unspecified atom stereocenters. The van der Waals surface area contributed by atoms with Gasteiger partial charge in [-0.05, 0) is 11.6 Å². The lowest BCUT2D eigenvalue weighted by Crippen LogP contribution is -2.20. The van der Waals surface area contributed by atoms with Crippen LogP contribution in [0.25, 0.3) is 10.9 Å². The number of hydrogen-bond acceptors (Lipinski definition) is 6. The highest BCUT2D eigenvalue weighted by Crippen LogP contribution is 2.54. The fourth-order valence-corrected chi connectivity index (χ4v) is 8.32. The molecule has 0 spiro atoms. The van der Waals surface area contributed by atoms with Crippen molar-refractivity contribution in [2.75, 3.05) is 14.2 Å². The van der Waals surface area contributed by atoms with E-state index in [0.29, 0.717) is 17.3 Å². The summed E-state index contributed by atoms with van der Waals surface area (Å²) >= 11 is 11.1. The molecular weight excluding hydrogens is 512 g/mol. The summed E-state index contributed by atoms with van der Waals surface area (Å²) in [6.07, 6.45) is 0. The maximum atomic E-state index is 12.5. The minimum Gasteiger partial charge on any atom is -0.464 e. The van der Waals surface area contributed by atoms with Gasteiger partial charge in [0.25, 0.3) is 0 Å². The summed E-state index contributed by atoms with van der Waals surface area (Å²) < 4.78 is 7.31. The molecule has 0 aliphatic carbocycles. The average molecular weight is 547 g/mol. The molecule has 0 amide bonds. The third-order valence-corrected chi connectivity index (χ3v) is 8.56. The van der Waals surface area contributed by atoms with Crippen LogP contribution in [-0.4, -0.2) is 40.0 Å². The number of halogens is 1. The van der Waals surface area contributed by atoms with Crippen molar-refractivity contribution in [3.05, 3.63) is 70.4 Å². The SMILES string of the molecule is CO/N=C(/C(=O)OC)c1ccccc1Cn1c(Cl)c(C(SC(C)(C)C)SC(C)(C)C)c2ccccc21. The highest BCUT2D eigenvalue weighted by molar-refractivity contribution is 8.17. The molecule has 0 aliphatic rings. The lowest BCUT2D eigenvalue weighted by atomic mass is 10.0. The van der Waals surface area contributed by atoms with Gasteiger partial charge in [-0.25, -0.2) is 4.79 Å². The topological polar surface area (TPSA) is 52.8 Å². The summed E-state index contributed by atoms with van der Waals surface area (Å²) in [6.45, 7) is 13.9. The highest BCUT2D eigenvalue weighted by Gasteiger charge is 2.31. The number of para-hydroxylation sites is 1. The summed E-state index contributed by atoms with van der Waals surface area (Å²) in [5, 5.41) is 5.80. The molecule has 0 bridgehead atoms. The van der Waals surface area contributed by atoms with Crippen LogP contribution in [-0.2, 0) is 20.9 Å². The van der Waals surface area contributed by atoms with Crippen LogP contribution in [0.1, 0.15) is 62.8 Å². The van der Waals surface area contributed by atoms with Crippen LogP contribution < -0.4 is 0 Å². The van der Waals surface area contributed by atoms with E-state index in [1.807, 2.05) is 53.9 Å². The summed E-state index contributed by atoms with van der Waals surface area (Å²) in [5.74, 6) is -0.559. The van der Waals surface area contributed by atoms with Gasteiger partial charge in [-0.1, -0.05) is 101 Å². The Balaban J connectivity index is 2.19. The predicted molar refractivity (Wildman–Crippen MR) is 155 cm³/mol. The summed E-state index contributed by atoms with van der Waals surface area (Å²) in [5.41, 5.74) is 3.82. The predicted octanol–water partition coefficient (Wildman–Crippen LogP) is 7.93. The number of aromatic nitrogens is 1. The van der Waals surface area contributed by atoms with Crippen molar-refractivity contribution < 1.29 is 14.4 Å². The van der Waals surface area contributed by atoms with Gasteiger partial charge in [0.05, 0.1) is 11.7 Å². The molecule has 1 aromatic heterocycles. The van der Waals surface area contributed by atoms with E-state index in [0.717, 1.165) is 22.0 Å². The molecular formula is C28H35ClN2O3S2. The molecule has 0 atom stereocenters. The average Bonchev–Trinajstić information content (AvgIpc) is 3.06. The van der Waals surface area contributed by atoms with E-state index in [-0.39, 0.29) is 19.8 Å². The van der Waals surface area contributed by atoms with Crippen molar-refractivity contribution in [2.24, 2.45) is 5.16 Å². The normalized spacial score (nSPS) is 12.9. The van der Waals surface area contributed by atoms with E-state index >= 15 is 0 Å². The standard InChI is InChI=1S/C28H35ClN2O3S2/c1-27(2,3)35-26(36-28(4,5)6)22-20-15-11-12-16-21(20)31(24(22)29)17-18-13-9-10-14-19(18)23(30-34-8)25(32)33-7/h9-16,26H,17H2,1-8H3/b30-23+. The Morgan fingerprint density at radius 2 is 1.56 bits per heavy atom. The number of ether oxygens (including phenoxy) is 1. The number of methoxy groups -OCH3 is 1. The molecule has 0 fully saturated rings. The first kappa shape index (κ1) is 28.5. The van der Waals surface area contributed by atoms with Gasteiger partial charge in [0.1, 0.15) is 12.3 Å². The number of rotatable bonds is 8. The van der Waals surface area contributed by atoms with Gasteiger partial charge in [0.15, 0.2) is 5.71 Å². The van der Waals surface area contributed by atoms with Gasteiger partial charge < -0.3 is 14.1 Å². The van der Waals surface area contributed by atoms with Crippen LogP contribution in [0.15, 0.2) is 53.7 Å². The molecule has 0 N–H and O–H groups in total.